The van der Waals surface area contributed by atoms with E-state index in [9.17, 15) is 0 Å². The van der Waals surface area contributed by atoms with Gasteiger partial charge in [-0.2, -0.15) is 5.10 Å². The summed E-state index contributed by atoms with van der Waals surface area (Å²) in [6.45, 7) is 0. The quantitative estimate of drug-likeness (QED) is 0.772. The van der Waals surface area contributed by atoms with E-state index in [2.05, 4.69) is 44.8 Å². The van der Waals surface area contributed by atoms with Crippen molar-refractivity contribution in [2.75, 3.05) is 0 Å². The SMILES string of the molecule is c1ccc(Cc2nc(CCc3cccs3)n[nH]2)cc1. The predicted molar refractivity (Wildman–Crippen MR) is 77.4 cm³/mol. The first-order valence-electron chi connectivity index (χ1n) is 6.36. The van der Waals surface area contributed by atoms with Gasteiger partial charge >= 0.3 is 0 Å². The molecule has 0 aliphatic carbocycles. The molecular weight excluding hydrogens is 254 g/mol. The topological polar surface area (TPSA) is 41.6 Å². The minimum Gasteiger partial charge on any atom is -0.263 e. The van der Waals surface area contributed by atoms with E-state index in [4.69, 9.17) is 0 Å². The normalized spacial score (nSPS) is 10.7. The van der Waals surface area contributed by atoms with E-state index in [1.807, 2.05) is 18.2 Å². The van der Waals surface area contributed by atoms with Crippen LogP contribution in [0.25, 0.3) is 0 Å². The molecule has 0 saturated carbocycles. The fraction of sp³-hybridized carbons (Fsp3) is 0.200. The summed E-state index contributed by atoms with van der Waals surface area (Å²) in [4.78, 5) is 5.93. The van der Waals surface area contributed by atoms with E-state index in [0.717, 1.165) is 30.9 Å². The van der Waals surface area contributed by atoms with Crippen LogP contribution in [0.4, 0.5) is 0 Å². The molecule has 3 nitrogen and oxygen atoms in total. The van der Waals surface area contributed by atoms with E-state index >= 15 is 0 Å². The number of aryl methyl sites for hydroxylation is 2. The third-order valence-electron chi connectivity index (χ3n) is 2.97. The Kier molecular flexibility index (Phi) is 3.70. The molecule has 0 aliphatic heterocycles. The van der Waals surface area contributed by atoms with E-state index in [-0.39, 0.29) is 0 Å². The molecule has 3 rings (SSSR count). The molecule has 19 heavy (non-hydrogen) atoms. The van der Waals surface area contributed by atoms with Gasteiger partial charge in [-0.3, -0.25) is 5.10 Å². The second-order valence-electron chi connectivity index (χ2n) is 4.44. The van der Waals surface area contributed by atoms with Gasteiger partial charge in [-0.15, -0.1) is 11.3 Å². The highest BCUT2D eigenvalue weighted by atomic mass is 32.1. The average molecular weight is 269 g/mol. The second-order valence-corrected chi connectivity index (χ2v) is 5.47. The van der Waals surface area contributed by atoms with Gasteiger partial charge in [0, 0.05) is 17.7 Å². The summed E-state index contributed by atoms with van der Waals surface area (Å²) >= 11 is 1.79. The molecule has 0 unspecified atom stereocenters. The number of aromatic nitrogens is 3. The first kappa shape index (κ1) is 12.1. The van der Waals surface area contributed by atoms with Crippen molar-refractivity contribution in [2.45, 2.75) is 19.3 Å². The minimum atomic E-state index is 0.812. The first-order chi connectivity index (χ1) is 9.40. The molecule has 1 N–H and O–H groups in total. The summed E-state index contributed by atoms with van der Waals surface area (Å²) in [5, 5.41) is 9.41. The first-order valence-corrected chi connectivity index (χ1v) is 7.24. The van der Waals surface area contributed by atoms with Crippen molar-refractivity contribution in [1.82, 2.24) is 15.2 Å². The van der Waals surface area contributed by atoms with Gasteiger partial charge in [-0.05, 0) is 23.4 Å². The Labute approximate surface area is 116 Å². The average Bonchev–Trinajstić information content (AvgIpc) is 3.09. The fourth-order valence-corrected chi connectivity index (χ4v) is 2.71. The molecular formula is C15H15N3S. The van der Waals surface area contributed by atoms with Crippen molar-refractivity contribution >= 4 is 11.3 Å². The zero-order valence-corrected chi connectivity index (χ0v) is 11.4. The number of nitrogens with one attached hydrogen (secondary N) is 1. The van der Waals surface area contributed by atoms with Crippen molar-refractivity contribution in [1.29, 1.82) is 0 Å². The molecule has 3 aromatic rings. The Bertz CT molecular complexity index is 614. The second kappa shape index (κ2) is 5.80. The summed E-state index contributed by atoms with van der Waals surface area (Å²) < 4.78 is 0. The molecule has 0 radical (unpaired) electrons. The van der Waals surface area contributed by atoms with Crippen LogP contribution >= 0.6 is 11.3 Å². The molecule has 0 aliphatic rings. The highest BCUT2D eigenvalue weighted by Gasteiger charge is 2.05. The zero-order chi connectivity index (χ0) is 12.9. The van der Waals surface area contributed by atoms with Crippen LogP contribution in [0.15, 0.2) is 47.8 Å². The van der Waals surface area contributed by atoms with Crippen molar-refractivity contribution in [2.24, 2.45) is 0 Å². The number of nitrogens with zero attached hydrogens (tertiary/aromatic N) is 2. The third kappa shape index (κ3) is 3.29. The lowest BCUT2D eigenvalue weighted by Gasteiger charge is -1.95. The fourth-order valence-electron chi connectivity index (χ4n) is 2.00. The number of aromatic amines is 1. The number of benzene rings is 1. The Morgan fingerprint density at radius 1 is 1.00 bits per heavy atom. The van der Waals surface area contributed by atoms with Crippen LogP contribution in [0, 0.1) is 0 Å². The molecule has 96 valence electrons. The molecule has 1 aromatic carbocycles. The Morgan fingerprint density at radius 3 is 2.68 bits per heavy atom. The molecule has 0 amide bonds. The summed E-state index contributed by atoms with van der Waals surface area (Å²) in [5.74, 6) is 1.84. The van der Waals surface area contributed by atoms with Crippen molar-refractivity contribution in [3.05, 3.63) is 69.9 Å². The van der Waals surface area contributed by atoms with Gasteiger partial charge in [0.05, 0.1) is 0 Å². The Balaban J connectivity index is 1.60. The van der Waals surface area contributed by atoms with Gasteiger partial charge < -0.3 is 0 Å². The van der Waals surface area contributed by atoms with Crippen molar-refractivity contribution < 1.29 is 0 Å². The van der Waals surface area contributed by atoms with E-state index < -0.39 is 0 Å². The highest BCUT2D eigenvalue weighted by Crippen LogP contribution is 2.11. The van der Waals surface area contributed by atoms with Gasteiger partial charge in [0.2, 0.25) is 0 Å². The maximum atomic E-state index is 4.54. The highest BCUT2D eigenvalue weighted by molar-refractivity contribution is 7.09. The molecule has 2 heterocycles. The van der Waals surface area contributed by atoms with Gasteiger partial charge in [-0.1, -0.05) is 36.4 Å². The van der Waals surface area contributed by atoms with E-state index in [0.29, 0.717) is 0 Å². The number of rotatable bonds is 5. The van der Waals surface area contributed by atoms with E-state index in [1.54, 1.807) is 11.3 Å². The lowest BCUT2D eigenvalue weighted by atomic mass is 10.1. The summed E-state index contributed by atoms with van der Waals surface area (Å²) in [6.07, 6.45) is 2.72. The largest absolute Gasteiger partial charge is 0.263 e. The summed E-state index contributed by atoms with van der Waals surface area (Å²) in [5.41, 5.74) is 1.25. The molecule has 0 spiro atoms. The van der Waals surface area contributed by atoms with Crippen LogP contribution in [0.3, 0.4) is 0 Å². The van der Waals surface area contributed by atoms with Crippen molar-refractivity contribution in [3.8, 4) is 0 Å². The zero-order valence-electron chi connectivity index (χ0n) is 10.5. The van der Waals surface area contributed by atoms with Crippen LogP contribution in [0.2, 0.25) is 0 Å². The number of H-pyrrole nitrogens is 1. The third-order valence-corrected chi connectivity index (χ3v) is 3.90. The molecule has 0 saturated heterocycles. The number of hydrogen-bond donors (Lipinski definition) is 1. The van der Waals surface area contributed by atoms with Gasteiger partial charge in [-0.25, -0.2) is 4.98 Å². The van der Waals surface area contributed by atoms with Crippen LogP contribution in [-0.2, 0) is 19.3 Å². The standard InChI is InChI=1S/C15H15N3S/c1-2-5-12(6-3-1)11-15-16-14(17-18-15)9-8-13-7-4-10-19-13/h1-7,10H,8-9,11H2,(H,16,17,18). The summed E-state index contributed by atoms with van der Waals surface area (Å²) in [6, 6.07) is 14.6. The molecule has 0 fully saturated rings. The molecule has 0 atom stereocenters. The lowest BCUT2D eigenvalue weighted by molar-refractivity contribution is 0.875. The molecule has 2 aromatic heterocycles. The maximum Gasteiger partial charge on any atom is 0.151 e. The van der Waals surface area contributed by atoms with Gasteiger partial charge in [0.25, 0.3) is 0 Å². The van der Waals surface area contributed by atoms with Crippen LogP contribution < -0.4 is 0 Å². The lowest BCUT2D eigenvalue weighted by Crippen LogP contribution is -1.93. The Hall–Kier alpha value is -1.94. The smallest absolute Gasteiger partial charge is 0.151 e. The maximum absolute atomic E-state index is 4.54. The number of hydrogen-bond acceptors (Lipinski definition) is 3. The number of thiophene rings is 1. The molecule has 0 bridgehead atoms. The monoisotopic (exact) mass is 269 g/mol. The van der Waals surface area contributed by atoms with Crippen LogP contribution in [-0.4, -0.2) is 15.2 Å². The van der Waals surface area contributed by atoms with Crippen molar-refractivity contribution in [3.63, 3.8) is 0 Å². The van der Waals surface area contributed by atoms with Gasteiger partial charge in [0.1, 0.15) is 5.82 Å². The summed E-state index contributed by atoms with van der Waals surface area (Å²) in [7, 11) is 0. The Morgan fingerprint density at radius 2 is 1.89 bits per heavy atom. The van der Waals surface area contributed by atoms with Gasteiger partial charge in [0.15, 0.2) is 5.82 Å². The predicted octanol–water partition coefficient (Wildman–Crippen LogP) is 3.24. The minimum absolute atomic E-state index is 0.812. The van der Waals surface area contributed by atoms with Crippen LogP contribution in [0.5, 0.6) is 0 Å². The molecule has 4 heteroatoms. The van der Waals surface area contributed by atoms with E-state index in [1.165, 1.54) is 10.4 Å². The van der Waals surface area contributed by atoms with Crippen LogP contribution in [0.1, 0.15) is 22.1 Å².